The lowest BCUT2D eigenvalue weighted by Gasteiger charge is -2.14. The fourth-order valence-corrected chi connectivity index (χ4v) is 1.36. The number of halogens is 1. The molecule has 2 aromatic heterocycles. The van der Waals surface area contributed by atoms with Crippen molar-refractivity contribution in [3.05, 3.63) is 41.7 Å². The van der Waals surface area contributed by atoms with Crippen molar-refractivity contribution in [3.8, 4) is 0 Å². The molecular weight excluding hydrogens is 214 g/mol. The quantitative estimate of drug-likeness (QED) is 0.750. The minimum Gasteiger partial charge on any atom is -0.449 e. The first-order valence-electron chi connectivity index (χ1n) is 4.45. The molecule has 0 aliphatic carbocycles. The fourth-order valence-electron chi connectivity index (χ4n) is 1.25. The maximum absolute atomic E-state index is 5.70. The number of anilines is 1. The summed E-state index contributed by atoms with van der Waals surface area (Å²) >= 11 is 5.70. The lowest BCUT2D eigenvalue weighted by Crippen LogP contribution is -2.16. The Kier molecular flexibility index (Phi) is 2.87. The molecule has 2 heterocycles. The molecule has 0 radical (unpaired) electrons. The molecule has 0 N–H and O–H groups in total. The van der Waals surface area contributed by atoms with E-state index in [-0.39, 0.29) is 0 Å². The molecule has 0 spiro atoms. The smallest absolute Gasteiger partial charge is 0.182 e. The molecule has 0 unspecified atom stereocenters. The van der Waals surface area contributed by atoms with Gasteiger partial charge in [0.1, 0.15) is 11.4 Å². The van der Waals surface area contributed by atoms with E-state index in [1.807, 2.05) is 18.0 Å². The number of hydrogen-bond acceptors (Lipinski definition) is 4. The number of oxazole rings is 1. The zero-order valence-corrected chi connectivity index (χ0v) is 8.98. The normalized spacial score (nSPS) is 10.3. The van der Waals surface area contributed by atoms with E-state index in [1.54, 1.807) is 18.5 Å². The predicted molar refractivity (Wildman–Crippen MR) is 57.9 cm³/mol. The van der Waals surface area contributed by atoms with Gasteiger partial charge in [0.05, 0.1) is 0 Å². The summed E-state index contributed by atoms with van der Waals surface area (Å²) in [6.45, 7) is 0.719. The second kappa shape index (κ2) is 4.31. The lowest BCUT2D eigenvalue weighted by atomic mass is 10.3. The second-order valence-electron chi connectivity index (χ2n) is 3.19. The van der Waals surface area contributed by atoms with Crippen LogP contribution in [0, 0.1) is 0 Å². The predicted octanol–water partition coefficient (Wildman–Crippen LogP) is 2.36. The topological polar surface area (TPSA) is 42.2 Å². The average Bonchev–Trinajstić information content (AvgIpc) is 2.74. The molecule has 0 fully saturated rings. The standard InChI is InChI=1S/C10H10ClN3O/c1-14(10-6-15-7-13-10)5-8-2-3-9(11)12-4-8/h2-4,6-7H,5H2,1H3. The van der Waals surface area contributed by atoms with Crippen molar-refractivity contribution in [3.63, 3.8) is 0 Å². The van der Waals surface area contributed by atoms with Gasteiger partial charge >= 0.3 is 0 Å². The van der Waals surface area contributed by atoms with Gasteiger partial charge in [-0.05, 0) is 11.6 Å². The number of hydrogen-bond donors (Lipinski definition) is 0. The molecule has 5 heteroatoms. The molecule has 0 saturated heterocycles. The van der Waals surface area contributed by atoms with Crippen LogP contribution in [0.1, 0.15) is 5.56 Å². The zero-order valence-electron chi connectivity index (χ0n) is 8.22. The maximum Gasteiger partial charge on any atom is 0.182 e. The average molecular weight is 224 g/mol. The summed E-state index contributed by atoms with van der Waals surface area (Å²) in [6, 6.07) is 3.71. The maximum atomic E-state index is 5.70. The van der Waals surface area contributed by atoms with Gasteiger partial charge < -0.3 is 9.32 Å². The Morgan fingerprint density at radius 2 is 2.27 bits per heavy atom. The molecule has 2 aromatic rings. The van der Waals surface area contributed by atoms with Gasteiger partial charge in [0.25, 0.3) is 0 Å². The van der Waals surface area contributed by atoms with Crippen LogP contribution in [-0.2, 0) is 6.54 Å². The lowest BCUT2D eigenvalue weighted by molar-refractivity contribution is 0.557. The van der Waals surface area contributed by atoms with E-state index >= 15 is 0 Å². The van der Waals surface area contributed by atoms with Crippen LogP contribution in [0.25, 0.3) is 0 Å². The van der Waals surface area contributed by atoms with Crippen LogP contribution in [0.4, 0.5) is 5.82 Å². The van der Waals surface area contributed by atoms with Gasteiger partial charge in [-0.2, -0.15) is 4.98 Å². The Labute approximate surface area is 92.5 Å². The van der Waals surface area contributed by atoms with Gasteiger partial charge in [0.2, 0.25) is 0 Å². The molecule has 78 valence electrons. The van der Waals surface area contributed by atoms with Crippen molar-refractivity contribution in [2.45, 2.75) is 6.54 Å². The highest BCUT2D eigenvalue weighted by atomic mass is 35.5. The van der Waals surface area contributed by atoms with Crippen molar-refractivity contribution in [1.82, 2.24) is 9.97 Å². The van der Waals surface area contributed by atoms with E-state index in [2.05, 4.69) is 9.97 Å². The number of rotatable bonds is 3. The molecular formula is C10H10ClN3O. The molecule has 4 nitrogen and oxygen atoms in total. The van der Waals surface area contributed by atoms with E-state index in [1.165, 1.54) is 6.39 Å². The Morgan fingerprint density at radius 1 is 1.40 bits per heavy atom. The van der Waals surface area contributed by atoms with E-state index in [0.29, 0.717) is 5.15 Å². The van der Waals surface area contributed by atoms with Gasteiger partial charge in [-0.15, -0.1) is 0 Å². The summed E-state index contributed by atoms with van der Waals surface area (Å²) in [5.74, 6) is 0.796. The van der Waals surface area contributed by atoms with Crippen molar-refractivity contribution in [2.24, 2.45) is 0 Å². The largest absolute Gasteiger partial charge is 0.449 e. The summed E-state index contributed by atoms with van der Waals surface area (Å²) in [4.78, 5) is 10.0. The van der Waals surface area contributed by atoms with Gasteiger partial charge in [0, 0.05) is 19.8 Å². The van der Waals surface area contributed by atoms with Gasteiger partial charge in [-0.3, -0.25) is 0 Å². The van der Waals surface area contributed by atoms with Crippen LogP contribution in [-0.4, -0.2) is 17.0 Å². The summed E-state index contributed by atoms with van der Waals surface area (Å²) in [5.41, 5.74) is 1.07. The summed E-state index contributed by atoms with van der Waals surface area (Å²) in [7, 11) is 1.94. The molecule has 0 aromatic carbocycles. The first kappa shape index (κ1) is 9.98. The van der Waals surface area contributed by atoms with Crippen LogP contribution in [0.15, 0.2) is 35.4 Å². The number of nitrogens with zero attached hydrogens (tertiary/aromatic N) is 3. The van der Waals surface area contributed by atoms with Gasteiger partial charge in [-0.1, -0.05) is 17.7 Å². The highest BCUT2D eigenvalue weighted by Gasteiger charge is 2.04. The second-order valence-corrected chi connectivity index (χ2v) is 3.58. The molecule has 0 saturated carbocycles. The first-order chi connectivity index (χ1) is 7.25. The minimum absolute atomic E-state index is 0.503. The first-order valence-corrected chi connectivity index (χ1v) is 4.83. The van der Waals surface area contributed by atoms with Gasteiger partial charge in [-0.25, -0.2) is 4.98 Å². The van der Waals surface area contributed by atoms with E-state index in [0.717, 1.165) is 17.9 Å². The van der Waals surface area contributed by atoms with Gasteiger partial charge in [0.15, 0.2) is 12.2 Å². The van der Waals surface area contributed by atoms with Crippen LogP contribution in [0.2, 0.25) is 5.15 Å². The minimum atomic E-state index is 0.503. The molecule has 0 amide bonds. The summed E-state index contributed by atoms with van der Waals surface area (Å²) in [5, 5.41) is 0.503. The van der Waals surface area contributed by atoms with Crippen molar-refractivity contribution in [2.75, 3.05) is 11.9 Å². The van der Waals surface area contributed by atoms with Crippen LogP contribution < -0.4 is 4.90 Å². The van der Waals surface area contributed by atoms with Crippen molar-refractivity contribution >= 4 is 17.4 Å². The highest BCUT2D eigenvalue weighted by molar-refractivity contribution is 6.29. The Balaban J connectivity index is 2.06. The Hall–Kier alpha value is -1.55. The van der Waals surface area contributed by atoms with E-state index in [4.69, 9.17) is 16.0 Å². The summed E-state index contributed by atoms with van der Waals surface area (Å²) < 4.78 is 4.90. The van der Waals surface area contributed by atoms with Crippen molar-refractivity contribution < 1.29 is 4.42 Å². The number of aromatic nitrogens is 2. The molecule has 0 bridgehead atoms. The third kappa shape index (κ3) is 2.47. The molecule has 2 rings (SSSR count). The SMILES string of the molecule is CN(Cc1ccc(Cl)nc1)c1cocn1. The molecule has 15 heavy (non-hydrogen) atoms. The highest BCUT2D eigenvalue weighted by Crippen LogP contribution is 2.12. The van der Waals surface area contributed by atoms with Crippen LogP contribution in [0.5, 0.6) is 0 Å². The molecule has 0 aliphatic rings. The van der Waals surface area contributed by atoms with Crippen molar-refractivity contribution in [1.29, 1.82) is 0 Å². The van der Waals surface area contributed by atoms with E-state index in [9.17, 15) is 0 Å². The zero-order chi connectivity index (χ0) is 10.7. The Bertz CT molecular complexity index is 413. The molecule has 0 atom stereocenters. The third-order valence-corrected chi connectivity index (χ3v) is 2.24. The Morgan fingerprint density at radius 3 is 2.87 bits per heavy atom. The fraction of sp³-hybridized carbons (Fsp3) is 0.200. The monoisotopic (exact) mass is 223 g/mol. The van der Waals surface area contributed by atoms with Crippen LogP contribution >= 0.6 is 11.6 Å². The molecule has 0 aliphatic heterocycles. The van der Waals surface area contributed by atoms with E-state index < -0.39 is 0 Å². The van der Waals surface area contributed by atoms with Crippen LogP contribution in [0.3, 0.4) is 0 Å². The number of pyridine rings is 1. The third-order valence-electron chi connectivity index (χ3n) is 2.02. The summed E-state index contributed by atoms with van der Waals surface area (Å²) in [6.07, 6.45) is 4.76.